The Morgan fingerprint density at radius 3 is 2.56 bits per heavy atom. The number of amides is 3. The van der Waals surface area contributed by atoms with Crippen LogP contribution in [0.5, 0.6) is 0 Å². The van der Waals surface area contributed by atoms with Crippen LogP contribution in [0.25, 0.3) is 0 Å². The monoisotopic (exact) mass is 249 g/mol. The van der Waals surface area contributed by atoms with E-state index in [-0.39, 0.29) is 18.5 Å². The summed E-state index contributed by atoms with van der Waals surface area (Å²) in [5.41, 5.74) is 1.71. The lowest BCUT2D eigenvalue weighted by Crippen LogP contribution is -2.39. The molecule has 0 aliphatic rings. The maximum Gasteiger partial charge on any atom is 0.319 e. The van der Waals surface area contributed by atoms with E-state index in [9.17, 15) is 9.59 Å². The van der Waals surface area contributed by atoms with Crippen molar-refractivity contribution >= 4 is 17.6 Å². The van der Waals surface area contributed by atoms with Gasteiger partial charge in [-0.3, -0.25) is 4.79 Å². The molecule has 0 heterocycles. The number of nitrogens with one attached hydrogen (secondary N) is 3. The third kappa shape index (κ3) is 4.86. The number of anilines is 1. The van der Waals surface area contributed by atoms with Crippen molar-refractivity contribution in [2.75, 3.05) is 18.4 Å². The Kier molecular flexibility index (Phi) is 5.70. The molecule has 0 radical (unpaired) electrons. The standard InChI is InChI=1S/C13H19N3O2/c1-3-8-14-12(17)9-15-13(18)16-11-7-5-4-6-10(11)2/h4-7H,3,8-9H2,1-2H3,(H,14,17)(H2,15,16,18). The Balaban J connectivity index is 2.34. The maximum atomic E-state index is 11.5. The van der Waals surface area contributed by atoms with E-state index in [1.54, 1.807) is 0 Å². The van der Waals surface area contributed by atoms with Crippen LogP contribution < -0.4 is 16.0 Å². The molecule has 3 amide bonds. The number of para-hydroxylation sites is 1. The van der Waals surface area contributed by atoms with Gasteiger partial charge in [-0.1, -0.05) is 25.1 Å². The minimum absolute atomic E-state index is 0.0162. The Labute approximate surface area is 107 Å². The highest BCUT2D eigenvalue weighted by molar-refractivity contribution is 5.92. The first kappa shape index (κ1) is 14.0. The van der Waals surface area contributed by atoms with Crippen LogP contribution in [-0.4, -0.2) is 25.0 Å². The summed E-state index contributed by atoms with van der Waals surface area (Å²) < 4.78 is 0. The van der Waals surface area contributed by atoms with E-state index in [2.05, 4.69) is 16.0 Å². The highest BCUT2D eigenvalue weighted by Crippen LogP contribution is 2.12. The van der Waals surface area contributed by atoms with E-state index >= 15 is 0 Å². The molecule has 1 aromatic rings. The number of carbonyl (C=O) groups excluding carboxylic acids is 2. The highest BCUT2D eigenvalue weighted by Gasteiger charge is 2.05. The van der Waals surface area contributed by atoms with E-state index in [0.717, 1.165) is 17.7 Å². The van der Waals surface area contributed by atoms with Gasteiger partial charge < -0.3 is 16.0 Å². The molecule has 0 aliphatic carbocycles. The highest BCUT2D eigenvalue weighted by atomic mass is 16.2. The zero-order valence-electron chi connectivity index (χ0n) is 10.7. The number of carbonyl (C=O) groups is 2. The lowest BCUT2D eigenvalue weighted by Gasteiger charge is -2.09. The molecule has 0 fully saturated rings. The van der Waals surface area contributed by atoms with E-state index in [4.69, 9.17) is 0 Å². The first-order valence-corrected chi connectivity index (χ1v) is 6.00. The summed E-state index contributed by atoms with van der Waals surface area (Å²) in [6.07, 6.45) is 0.876. The van der Waals surface area contributed by atoms with Crippen molar-refractivity contribution in [3.8, 4) is 0 Å². The van der Waals surface area contributed by atoms with Crippen LogP contribution in [0.4, 0.5) is 10.5 Å². The lowest BCUT2D eigenvalue weighted by molar-refractivity contribution is -0.120. The van der Waals surface area contributed by atoms with Crippen molar-refractivity contribution in [2.45, 2.75) is 20.3 Å². The normalized spacial score (nSPS) is 9.67. The van der Waals surface area contributed by atoms with Gasteiger partial charge in [-0.2, -0.15) is 0 Å². The molecule has 0 saturated carbocycles. The number of urea groups is 1. The maximum absolute atomic E-state index is 11.5. The second-order valence-electron chi connectivity index (χ2n) is 3.97. The van der Waals surface area contributed by atoms with Crippen LogP contribution in [0.3, 0.4) is 0 Å². The molecule has 3 N–H and O–H groups in total. The summed E-state index contributed by atoms with van der Waals surface area (Å²) in [5, 5.41) is 7.88. The topological polar surface area (TPSA) is 70.2 Å². The fraction of sp³-hybridized carbons (Fsp3) is 0.385. The van der Waals surface area contributed by atoms with Crippen LogP contribution in [0.2, 0.25) is 0 Å². The number of benzene rings is 1. The summed E-state index contributed by atoms with van der Waals surface area (Å²) in [6, 6.07) is 7.08. The minimum atomic E-state index is -0.379. The Morgan fingerprint density at radius 1 is 1.17 bits per heavy atom. The second-order valence-corrected chi connectivity index (χ2v) is 3.97. The third-order valence-corrected chi connectivity index (χ3v) is 2.37. The molecule has 0 unspecified atom stereocenters. The van der Waals surface area contributed by atoms with Crippen molar-refractivity contribution in [2.24, 2.45) is 0 Å². The molecule has 5 nitrogen and oxygen atoms in total. The van der Waals surface area contributed by atoms with Gasteiger partial charge in [-0.25, -0.2) is 4.79 Å². The molecule has 0 saturated heterocycles. The Morgan fingerprint density at radius 2 is 1.89 bits per heavy atom. The van der Waals surface area contributed by atoms with Crippen molar-refractivity contribution in [3.63, 3.8) is 0 Å². The molecule has 98 valence electrons. The number of hydrogen-bond donors (Lipinski definition) is 3. The molecule has 1 aromatic carbocycles. The molecule has 0 aromatic heterocycles. The molecule has 1 rings (SSSR count). The van der Waals surface area contributed by atoms with E-state index in [1.807, 2.05) is 38.1 Å². The molecular formula is C13H19N3O2. The summed E-state index contributed by atoms with van der Waals surface area (Å²) in [6.45, 7) is 4.49. The van der Waals surface area contributed by atoms with Gasteiger partial charge >= 0.3 is 6.03 Å². The fourth-order valence-electron chi connectivity index (χ4n) is 1.37. The summed E-state index contributed by atoms with van der Waals surface area (Å²) in [4.78, 5) is 22.8. The zero-order chi connectivity index (χ0) is 13.4. The Hall–Kier alpha value is -2.04. The first-order valence-electron chi connectivity index (χ1n) is 6.00. The largest absolute Gasteiger partial charge is 0.355 e. The fourth-order valence-corrected chi connectivity index (χ4v) is 1.37. The van der Waals surface area contributed by atoms with Gasteiger partial charge in [0.2, 0.25) is 5.91 Å². The average Bonchev–Trinajstić information content (AvgIpc) is 2.36. The van der Waals surface area contributed by atoms with Crippen LogP contribution in [0.1, 0.15) is 18.9 Å². The van der Waals surface area contributed by atoms with Crippen LogP contribution in [-0.2, 0) is 4.79 Å². The summed E-state index contributed by atoms with van der Waals surface area (Å²) in [5.74, 6) is -0.184. The quantitative estimate of drug-likeness (QED) is 0.742. The van der Waals surface area contributed by atoms with Gasteiger partial charge in [0, 0.05) is 12.2 Å². The molecule has 0 spiro atoms. The molecule has 18 heavy (non-hydrogen) atoms. The van der Waals surface area contributed by atoms with Gasteiger partial charge in [0.25, 0.3) is 0 Å². The number of hydrogen-bond acceptors (Lipinski definition) is 2. The molecule has 0 aliphatic heterocycles. The average molecular weight is 249 g/mol. The Bertz CT molecular complexity index is 418. The van der Waals surface area contributed by atoms with Gasteiger partial charge in [0.05, 0.1) is 6.54 Å². The van der Waals surface area contributed by atoms with Crippen molar-refractivity contribution < 1.29 is 9.59 Å². The molecule has 0 atom stereocenters. The summed E-state index contributed by atoms with van der Waals surface area (Å²) in [7, 11) is 0. The van der Waals surface area contributed by atoms with Crippen molar-refractivity contribution in [1.29, 1.82) is 0 Å². The van der Waals surface area contributed by atoms with Crippen LogP contribution in [0, 0.1) is 6.92 Å². The van der Waals surface area contributed by atoms with Gasteiger partial charge in [0.1, 0.15) is 0 Å². The smallest absolute Gasteiger partial charge is 0.319 e. The van der Waals surface area contributed by atoms with E-state index in [0.29, 0.717) is 6.54 Å². The number of aryl methyl sites for hydroxylation is 1. The van der Waals surface area contributed by atoms with Crippen LogP contribution in [0.15, 0.2) is 24.3 Å². The van der Waals surface area contributed by atoms with E-state index < -0.39 is 0 Å². The van der Waals surface area contributed by atoms with Crippen molar-refractivity contribution in [3.05, 3.63) is 29.8 Å². The predicted octanol–water partition coefficient (Wildman–Crippen LogP) is 1.64. The van der Waals surface area contributed by atoms with Crippen molar-refractivity contribution in [1.82, 2.24) is 10.6 Å². The minimum Gasteiger partial charge on any atom is -0.355 e. The molecular weight excluding hydrogens is 230 g/mol. The van der Waals surface area contributed by atoms with Gasteiger partial charge in [-0.15, -0.1) is 0 Å². The first-order chi connectivity index (χ1) is 8.63. The van der Waals surface area contributed by atoms with E-state index in [1.165, 1.54) is 0 Å². The van der Waals surface area contributed by atoms with Crippen LogP contribution >= 0.6 is 0 Å². The third-order valence-electron chi connectivity index (χ3n) is 2.37. The number of rotatable bonds is 5. The zero-order valence-corrected chi connectivity index (χ0v) is 10.7. The molecule has 5 heteroatoms. The van der Waals surface area contributed by atoms with Gasteiger partial charge in [0.15, 0.2) is 0 Å². The predicted molar refractivity (Wildman–Crippen MR) is 71.5 cm³/mol. The second kappa shape index (κ2) is 7.32. The SMILES string of the molecule is CCCNC(=O)CNC(=O)Nc1ccccc1C. The summed E-state index contributed by atoms with van der Waals surface area (Å²) >= 11 is 0. The molecule has 0 bridgehead atoms. The van der Waals surface area contributed by atoms with Gasteiger partial charge in [-0.05, 0) is 25.0 Å². The lowest BCUT2D eigenvalue weighted by atomic mass is 10.2.